The van der Waals surface area contributed by atoms with Crippen LogP contribution in [0.25, 0.3) is 11.0 Å². The zero-order valence-electron chi connectivity index (χ0n) is 26.3. The van der Waals surface area contributed by atoms with Crippen LogP contribution < -0.4 is 26.5 Å². The number of thiazole rings is 2. The van der Waals surface area contributed by atoms with E-state index in [0.717, 1.165) is 33.5 Å². The molecule has 0 bridgehead atoms. The van der Waals surface area contributed by atoms with E-state index in [0.29, 0.717) is 28.8 Å². The minimum Gasteiger partial charge on any atom is -0.543 e. The van der Waals surface area contributed by atoms with Gasteiger partial charge >= 0.3 is 0 Å². The third kappa shape index (κ3) is 6.30. The molecule has 15 nitrogen and oxygen atoms in total. The zero-order valence-corrected chi connectivity index (χ0v) is 28.7. The molecule has 2 atom stereocenters. The Kier molecular flexibility index (Phi) is 9.04. The molecule has 7 rings (SSSR count). The molecule has 5 N–H and O–H groups in total. The van der Waals surface area contributed by atoms with Crippen molar-refractivity contribution in [3.05, 3.63) is 99.9 Å². The van der Waals surface area contributed by atoms with Gasteiger partial charge in [0.25, 0.3) is 11.8 Å². The highest BCUT2D eigenvalue weighted by atomic mass is 32.2. The maximum Gasteiger partial charge on any atom is 0.276 e. The first-order valence-electron chi connectivity index (χ1n) is 15.0. The summed E-state index contributed by atoms with van der Waals surface area (Å²) in [5.41, 5.74) is 15.9. The number of amidine groups is 1. The molecule has 0 unspecified atom stereocenters. The number of aliphatic imine (C=N–C) groups is 1. The monoisotopic (exact) mass is 728 g/mol. The summed E-state index contributed by atoms with van der Waals surface area (Å²) in [6, 6.07) is 12.7. The molecule has 254 valence electrons. The Labute approximate surface area is 296 Å². The predicted molar refractivity (Wildman–Crippen MR) is 187 cm³/mol. The van der Waals surface area contributed by atoms with Gasteiger partial charge in [0.2, 0.25) is 10.6 Å². The summed E-state index contributed by atoms with van der Waals surface area (Å²) >= 11 is 3.89. The standard InChI is InChI=1S/C32H28N10O5S3/c1-47-39-23(20-16-50-31(34)36-20)27(43)37-24-28(44)42-25(30(45)46)19(15-49-29(24)42)14-40-10-2-3-21-22(40)8-11-41(21)13-17-4-6-18(7-5-17)26(33)38-32-35-9-12-48-32/h2-12,16,24,29H,13-15H2,1H3,(H5-,33,34,35,36,37,38,43,45,46)/b39-23-/t24-,29-/m1/s1. The largest absolute Gasteiger partial charge is 0.543 e. The van der Waals surface area contributed by atoms with E-state index in [1.807, 2.05) is 64.8 Å². The first-order chi connectivity index (χ1) is 24.2. The normalized spacial score (nSPS) is 17.9. The van der Waals surface area contributed by atoms with Crippen molar-refractivity contribution < 1.29 is 28.9 Å². The summed E-state index contributed by atoms with van der Waals surface area (Å²) in [6.45, 7) is 0.803. The molecular formula is C32H28N10O5S3. The smallest absolute Gasteiger partial charge is 0.276 e. The number of nitrogens with one attached hydrogen (secondary N) is 1. The maximum atomic E-state index is 13.3. The third-order valence-corrected chi connectivity index (χ3v) is 10.8. The molecule has 18 heteroatoms. The van der Waals surface area contributed by atoms with Crippen molar-refractivity contribution in [2.75, 3.05) is 18.6 Å². The van der Waals surface area contributed by atoms with Gasteiger partial charge in [-0.25, -0.2) is 15.0 Å². The van der Waals surface area contributed by atoms with Gasteiger partial charge in [-0.1, -0.05) is 29.4 Å². The van der Waals surface area contributed by atoms with Crippen LogP contribution in [0.3, 0.4) is 0 Å². The van der Waals surface area contributed by atoms with Gasteiger partial charge in [-0.05, 0) is 11.6 Å². The second-order valence-corrected chi connectivity index (χ2v) is 14.0. The molecule has 0 saturated carbocycles. The van der Waals surface area contributed by atoms with Gasteiger partial charge in [0.05, 0.1) is 11.7 Å². The molecule has 50 heavy (non-hydrogen) atoms. The lowest BCUT2D eigenvalue weighted by molar-refractivity contribution is -0.663. The highest BCUT2D eigenvalue weighted by Gasteiger charge is 2.53. The fraction of sp³-hybridized carbons (Fsp3) is 0.188. The summed E-state index contributed by atoms with van der Waals surface area (Å²) in [4.78, 5) is 57.4. The highest BCUT2D eigenvalue weighted by Crippen LogP contribution is 2.40. The van der Waals surface area contributed by atoms with E-state index in [1.54, 1.807) is 11.6 Å². The minimum atomic E-state index is -1.46. The van der Waals surface area contributed by atoms with Crippen LogP contribution in [0.1, 0.15) is 16.8 Å². The maximum absolute atomic E-state index is 13.3. The number of carbonyl (C=O) groups excluding carboxylic acids is 3. The number of hydrogen-bond donors (Lipinski definition) is 3. The number of hydrogen-bond acceptors (Lipinski definition) is 13. The molecule has 1 aromatic carbocycles. The number of β-lactam (4-membered cyclic amide) rings is 1. The first kappa shape index (κ1) is 32.9. The highest BCUT2D eigenvalue weighted by molar-refractivity contribution is 8.00. The number of nitrogen functional groups attached to an aromatic ring is 1. The van der Waals surface area contributed by atoms with Crippen molar-refractivity contribution in [2.24, 2.45) is 15.9 Å². The van der Waals surface area contributed by atoms with E-state index in [2.05, 4.69) is 30.0 Å². The Morgan fingerprint density at radius 2 is 2.02 bits per heavy atom. The second kappa shape index (κ2) is 13.7. The summed E-state index contributed by atoms with van der Waals surface area (Å²) in [5, 5.41) is 22.4. The number of carboxylic acid groups (broad SMARTS) is 1. The van der Waals surface area contributed by atoms with Gasteiger partial charge in [-0.15, -0.1) is 34.4 Å². The number of amides is 2. The Morgan fingerprint density at radius 3 is 2.72 bits per heavy atom. The number of aromatic nitrogens is 4. The molecule has 6 heterocycles. The lowest BCUT2D eigenvalue weighted by Crippen LogP contribution is -2.71. The molecule has 5 aromatic rings. The number of nitrogens with two attached hydrogens (primary N) is 2. The van der Waals surface area contributed by atoms with Crippen LogP contribution >= 0.6 is 34.4 Å². The van der Waals surface area contributed by atoms with Crippen molar-refractivity contribution >= 4 is 85.1 Å². The van der Waals surface area contributed by atoms with Crippen molar-refractivity contribution in [3.63, 3.8) is 0 Å². The number of oxime groups is 1. The van der Waals surface area contributed by atoms with Crippen LogP contribution in [0, 0.1) is 0 Å². The van der Waals surface area contributed by atoms with Gasteiger partial charge in [0.1, 0.15) is 35.6 Å². The number of aliphatic carboxylic acids is 1. The molecule has 0 spiro atoms. The van der Waals surface area contributed by atoms with E-state index in [9.17, 15) is 19.5 Å². The van der Waals surface area contributed by atoms with E-state index in [4.69, 9.17) is 16.3 Å². The van der Waals surface area contributed by atoms with Crippen LogP contribution in [0.2, 0.25) is 0 Å². The number of carboxylic acids is 1. The van der Waals surface area contributed by atoms with E-state index in [1.165, 1.54) is 35.1 Å². The number of nitrogens with zero attached hydrogens (tertiary/aromatic N) is 7. The van der Waals surface area contributed by atoms with E-state index < -0.39 is 29.2 Å². The van der Waals surface area contributed by atoms with Crippen molar-refractivity contribution in [1.29, 1.82) is 0 Å². The summed E-state index contributed by atoms with van der Waals surface area (Å²) in [5.74, 6) is -2.04. The molecule has 0 aliphatic carbocycles. The topological polar surface area (TPSA) is 210 Å². The molecule has 2 amide bonds. The number of thioether (sulfide) groups is 1. The Morgan fingerprint density at radius 1 is 1.20 bits per heavy atom. The van der Waals surface area contributed by atoms with Crippen LogP contribution in [-0.4, -0.2) is 73.0 Å². The first-order valence-corrected chi connectivity index (χ1v) is 17.8. The Balaban J connectivity index is 1.07. The number of benzene rings is 1. The molecule has 1 fully saturated rings. The van der Waals surface area contributed by atoms with Crippen LogP contribution in [0.4, 0.5) is 10.3 Å². The van der Waals surface area contributed by atoms with Gasteiger partial charge < -0.3 is 36.1 Å². The average Bonchev–Trinajstić information content (AvgIpc) is 3.88. The Bertz CT molecular complexity index is 2210. The predicted octanol–water partition coefficient (Wildman–Crippen LogP) is 0.964. The molecular weight excluding hydrogens is 701 g/mol. The Hall–Kier alpha value is -5.59. The molecule has 1 saturated heterocycles. The molecule has 2 aliphatic heterocycles. The SMILES string of the molecule is CO/N=C(\C(=O)N[C@@H]1C(=O)N2C(C(=O)[O-])=C(C[n+]3cccc4c3ccn4Cc3ccc(C(N)=Nc4nccs4)cc3)CS[C@H]12)c1csc(N)n1. The van der Waals surface area contributed by atoms with Crippen LogP contribution in [0.15, 0.2) is 93.2 Å². The van der Waals surface area contributed by atoms with Gasteiger partial charge in [-0.2, -0.15) is 4.57 Å². The third-order valence-electron chi connectivity index (χ3n) is 8.10. The lowest BCUT2D eigenvalue weighted by atomic mass is 10.0. The number of rotatable bonds is 11. The lowest BCUT2D eigenvalue weighted by Gasteiger charge is -2.50. The van der Waals surface area contributed by atoms with Crippen molar-refractivity contribution in [3.8, 4) is 0 Å². The molecule has 4 aromatic heterocycles. The van der Waals surface area contributed by atoms with Gasteiger partial charge in [0, 0.05) is 58.7 Å². The summed E-state index contributed by atoms with van der Waals surface area (Å²) in [7, 11) is 1.28. The van der Waals surface area contributed by atoms with Gasteiger partial charge in [-0.3, -0.25) is 14.5 Å². The van der Waals surface area contributed by atoms with Crippen LogP contribution in [0.5, 0.6) is 0 Å². The zero-order chi connectivity index (χ0) is 34.9. The number of carbonyl (C=O) groups is 3. The van der Waals surface area contributed by atoms with Crippen molar-refractivity contribution in [1.82, 2.24) is 24.8 Å². The molecule has 2 aliphatic rings. The van der Waals surface area contributed by atoms with E-state index >= 15 is 0 Å². The number of anilines is 1. The second-order valence-electron chi connectivity index (χ2n) is 11.2. The average molecular weight is 729 g/mol. The summed E-state index contributed by atoms with van der Waals surface area (Å²) < 4.78 is 4.04. The van der Waals surface area contributed by atoms with E-state index in [-0.39, 0.29) is 28.8 Å². The quantitative estimate of drug-likeness (QED) is 0.0577. The number of pyridine rings is 1. The van der Waals surface area contributed by atoms with Crippen LogP contribution in [-0.2, 0) is 32.3 Å². The van der Waals surface area contributed by atoms with Crippen molar-refractivity contribution in [2.45, 2.75) is 24.5 Å². The summed E-state index contributed by atoms with van der Waals surface area (Å²) in [6.07, 6.45) is 5.52. The fourth-order valence-electron chi connectivity index (χ4n) is 5.81. The fourth-order valence-corrected chi connectivity index (χ4v) is 8.21. The van der Waals surface area contributed by atoms with Gasteiger partial charge in [0.15, 0.2) is 23.6 Å². The minimum absolute atomic E-state index is 0.154. The molecule has 0 radical (unpaired) electrons. The number of fused-ring (bicyclic) bond motifs is 2.